The smallest absolute Gasteiger partial charge is 0.164 e. The molecular formula is C48H36N4O. The van der Waals surface area contributed by atoms with Crippen LogP contribution in [0.1, 0.15) is 49.7 Å². The normalized spacial score (nSPS) is 21.8. The number of aromatic nitrogens is 3. The molecule has 4 saturated carbocycles. The summed E-state index contributed by atoms with van der Waals surface area (Å²) in [7, 11) is 0. The standard InChI is InChI=1S/C48H36N4O/c49-28-29-11-17-43-41(22-29)42-24-36(14-18-44(42)53-43)35-7-3-8-37(23-35)46-50-45(51-47(52-46)40-10-4-6-33-5-1-2-9-39(33)40)34-12-15-38(16-13-34)48-25-30-19-31(26-48)21-32(20-30)27-48/h1-18,22-24,30-32H,19-21,25-27H2/t30-,31+,32-,48?. The fourth-order valence-electron chi connectivity index (χ4n) is 10.5. The molecule has 8 aromatic rings. The summed E-state index contributed by atoms with van der Waals surface area (Å²) in [6.45, 7) is 0. The highest BCUT2D eigenvalue weighted by Crippen LogP contribution is 2.60. The van der Waals surface area contributed by atoms with Gasteiger partial charge in [0.1, 0.15) is 11.2 Å². The van der Waals surface area contributed by atoms with Crippen LogP contribution in [0.25, 0.3) is 78.0 Å². The third kappa shape index (κ3) is 5.08. The Hall–Kier alpha value is -6.12. The van der Waals surface area contributed by atoms with E-state index in [1.54, 1.807) is 6.07 Å². The lowest BCUT2D eigenvalue weighted by atomic mass is 9.48. The van der Waals surface area contributed by atoms with Crippen molar-refractivity contribution in [3.63, 3.8) is 0 Å². The minimum absolute atomic E-state index is 0.343. The molecule has 53 heavy (non-hydrogen) atoms. The molecule has 5 nitrogen and oxygen atoms in total. The Morgan fingerprint density at radius 1 is 0.528 bits per heavy atom. The molecular weight excluding hydrogens is 649 g/mol. The fraction of sp³-hybridized carbons (Fsp3) is 0.208. The van der Waals surface area contributed by atoms with Gasteiger partial charge in [0, 0.05) is 27.5 Å². The first-order chi connectivity index (χ1) is 26.1. The molecule has 0 radical (unpaired) electrons. The van der Waals surface area contributed by atoms with Gasteiger partial charge in [-0.3, -0.25) is 0 Å². The molecule has 4 fully saturated rings. The molecule has 4 aliphatic carbocycles. The number of hydrogen-bond donors (Lipinski definition) is 0. The maximum absolute atomic E-state index is 9.53. The van der Waals surface area contributed by atoms with Crippen molar-refractivity contribution in [2.24, 2.45) is 17.8 Å². The minimum Gasteiger partial charge on any atom is -0.456 e. The van der Waals surface area contributed by atoms with E-state index in [0.717, 1.165) is 78.3 Å². The lowest BCUT2D eigenvalue weighted by Gasteiger charge is -2.57. The van der Waals surface area contributed by atoms with Gasteiger partial charge in [-0.05, 0) is 126 Å². The van der Waals surface area contributed by atoms with Gasteiger partial charge in [-0.25, -0.2) is 15.0 Å². The molecule has 4 bridgehead atoms. The van der Waals surface area contributed by atoms with Crippen LogP contribution in [0.2, 0.25) is 0 Å². The van der Waals surface area contributed by atoms with Gasteiger partial charge >= 0.3 is 0 Å². The van der Waals surface area contributed by atoms with Gasteiger partial charge in [0.15, 0.2) is 17.5 Å². The number of nitrogens with zero attached hydrogens (tertiary/aromatic N) is 4. The van der Waals surface area contributed by atoms with E-state index in [1.807, 2.05) is 18.2 Å². The maximum Gasteiger partial charge on any atom is 0.164 e. The molecule has 12 rings (SSSR count). The Bertz CT molecular complexity index is 2750. The topological polar surface area (TPSA) is 75.6 Å². The Kier molecular flexibility index (Phi) is 6.73. The highest BCUT2D eigenvalue weighted by atomic mass is 16.3. The average molecular weight is 685 g/mol. The lowest BCUT2D eigenvalue weighted by Crippen LogP contribution is -2.48. The number of fused-ring (bicyclic) bond motifs is 4. The molecule has 2 aromatic heterocycles. The predicted molar refractivity (Wildman–Crippen MR) is 211 cm³/mol. The van der Waals surface area contributed by atoms with E-state index in [1.165, 1.54) is 44.1 Å². The molecule has 0 N–H and O–H groups in total. The lowest BCUT2D eigenvalue weighted by molar-refractivity contribution is -0.00518. The summed E-state index contributed by atoms with van der Waals surface area (Å²) in [5.74, 6) is 4.70. The fourth-order valence-corrected chi connectivity index (χ4v) is 10.5. The quantitative estimate of drug-likeness (QED) is 0.180. The van der Waals surface area contributed by atoms with Gasteiger partial charge < -0.3 is 4.42 Å². The molecule has 0 amide bonds. The van der Waals surface area contributed by atoms with Gasteiger partial charge in [-0.2, -0.15) is 5.26 Å². The van der Waals surface area contributed by atoms with Crippen LogP contribution < -0.4 is 0 Å². The Balaban J connectivity index is 1.02. The zero-order chi connectivity index (χ0) is 35.1. The molecule has 0 atom stereocenters. The van der Waals surface area contributed by atoms with Crippen LogP contribution in [-0.2, 0) is 5.41 Å². The summed E-state index contributed by atoms with van der Waals surface area (Å²) in [6.07, 6.45) is 8.38. The largest absolute Gasteiger partial charge is 0.456 e. The molecule has 254 valence electrons. The van der Waals surface area contributed by atoms with Crippen molar-refractivity contribution in [1.29, 1.82) is 5.26 Å². The average Bonchev–Trinajstić information content (AvgIpc) is 3.57. The van der Waals surface area contributed by atoms with Crippen LogP contribution in [0.15, 0.2) is 132 Å². The highest BCUT2D eigenvalue weighted by Gasteiger charge is 2.51. The van der Waals surface area contributed by atoms with Crippen molar-refractivity contribution in [2.45, 2.75) is 43.9 Å². The van der Waals surface area contributed by atoms with E-state index in [2.05, 4.69) is 109 Å². The molecule has 0 spiro atoms. The maximum atomic E-state index is 9.53. The Morgan fingerprint density at radius 3 is 1.91 bits per heavy atom. The van der Waals surface area contributed by atoms with E-state index in [4.69, 9.17) is 19.4 Å². The van der Waals surface area contributed by atoms with Gasteiger partial charge in [-0.1, -0.05) is 91.0 Å². The second-order valence-electron chi connectivity index (χ2n) is 15.8. The van der Waals surface area contributed by atoms with Crippen molar-refractivity contribution < 1.29 is 4.42 Å². The van der Waals surface area contributed by atoms with Gasteiger partial charge in [-0.15, -0.1) is 0 Å². The number of rotatable bonds is 5. The summed E-state index contributed by atoms with van der Waals surface area (Å²) >= 11 is 0. The van der Waals surface area contributed by atoms with E-state index in [9.17, 15) is 5.26 Å². The molecule has 2 heterocycles. The first-order valence-electron chi connectivity index (χ1n) is 18.9. The first kappa shape index (κ1) is 30.5. The zero-order valence-corrected chi connectivity index (χ0v) is 29.3. The van der Waals surface area contributed by atoms with Crippen LogP contribution in [-0.4, -0.2) is 15.0 Å². The molecule has 5 heteroatoms. The second kappa shape index (κ2) is 11.7. The molecule has 6 aromatic carbocycles. The molecule has 0 aliphatic heterocycles. The van der Waals surface area contributed by atoms with E-state index < -0.39 is 0 Å². The van der Waals surface area contributed by atoms with Crippen molar-refractivity contribution in [1.82, 2.24) is 15.0 Å². The minimum atomic E-state index is 0.343. The monoisotopic (exact) mass is 684 g/mol. The molecule has 0 saturated heterocycles. The summed E-state index contributed by atoms with van der Waals surface area (Å²) in [6, 6.07) is 46.5. The summed E-state index contributed by atoms with van der Waals surface area (Å²) in [5.41, 5.74) is 9.04. The van der Waals surface area contributed by atoms with Gasteiger partial charge in [0.05, 0.1) is 11.6 Å². The summed E-state index contributed by atoms with van der Waals surface area (Å²) < 4.78 is 6.11. The Morgan fingerprint density at radius 2 is 1.13 bits per heavy atom. The number of benzene rings is 6. The summed E-state index contributed by atoms with van der Waals surface area (Å²) in [4.78, 5) is 15.5. The van der Waals surface area contributed by atoms with Crippen molar-refractivity contribution in [3.8, 4) is 51.4 Å². The van der Waals surface area contributed by atoms with E-state index in [0.29, 0.717) is 28.5 Å². The van der Waals surface area contributed by atoms with Gasteiger partial charge in [0.25, 0.3) is 0 Å². The SMILES string of the molecule is N#Cc1ccc2oc3ccc(-c4cccc(-c5nc(-c6ccc(C78C[C@H]9C[C@@H](C7)C[C@@H](C8)C9)cc6)nc(-c6cccc7ccccc67)n5)c4)cc3c2c1. The van der Waals surface area contributed by atoms with E-state index in [-0.39, 0.29) is 0 Å². The van der Waals surface area contributed by atoms with Crippen LogP contribution in [0.3, 0.4) is 0 Å². The third-order valence-corrected chi connectivity index (χ3v) is 12.5. The van der Waals surface area contributed by atoms with Crippen LogP contribution >= 0.6 is 0 Å². The van der Waals surface area contributed by atoms with Crippen LogP contribution in [0.5, 0.6) is 0 Å². The number of hydrogen-bond acceptors (Lipinski definition) is 5. The molecule has 4 aliphatic rings. The first-order valence-corrected chi connectivity index (χ1v) is 18.9. The number of furan rings is 1. The third-order valence-electron chi connectivity index (χ3n) is 12.5. The number of nitriles is 1. The van der Waals surface area contributed by atoms with Crippen molar-refractivity contribution in [2.75, 3.05) is 0 Å². The summed E-state index contributed by atoms with van der Waals surface area (Å²) in [5, 5.41) is 13.7. The van der Waals surface area contributed by atoms with Crippen LogP contribution in [0.4, 0.5) is 0 Å². The predicted octanol–water partition coefficient (Wildman–Crippen LogP) is 11.9. The van der Waals surface area contributed by atoms with Crippen molar-refractivity contribution >= 4 is 32.7 Å². The molecule has 0 unspecified atom stereocenters. The van der Waals surface area contributed by atoms with Crippen molar-refractivity contribution in [3.05, 3.63) is 139 Å². The zero-order valence-electron chi connectivity index (χ0n) is 29.3. The second-order valence-corrected chi connectivity index (χ2v) is 15.8. The van der Waals surface area contributed by atoms with Crippen LogP contribution in [0, 0.1) is 29.1 Å². The van der Waals surface area contributed by atoms with Gasteiger partial charge in [0.2, 0.25) is 0 Å². The Labute approximate surface area is 308 Å². The highest BCUT2D eigenvalue weighted by molar-refractivity contribution is 6.06. The van der Waals surface area contributed by atoms with E-state index >= 15 is 0 Å².